The molecule has 1 N–H and O–H groups in total. The van der Waals surface area contributed by atoms with Crippen LogP contribution in [0.3, 0.4) is 0 Å². The molecule has 0 aromatic heterocycles. The van der Waals surface area contributed by atoms with Crippen LogP contribution in [0.1, 0.15) is 33.1 Å². The number of hydrogen-bond donors (Lipinski definition) is 1. The number of hydrogen-bond acceptors (Lipinski definition) is 4. The van der Waals surface area contributed by atoms with Gasteiger partial charge in [-0.3, -0.25) is 4.79 Å². The third-order valence-electron chi connectivity index (χ3n) is 2.68. The molecule has 4 nitrogen and oxygen atoms in total. The van der Waals surface area contributed by atoms with Crippen molar-refractivity contribution in [2.75, 3.05) is 34.3 Å². The van der Waals surface area contributed by atoms with Crippen molar-refractivity contribution >= 4 is 5.97 Å². The van der Waals surface area contributed by atoms with Crippen molar-refractivity contribution in [2.45, 2.75) is 38.6 Å². The molecule has 0 amide bonds. The minimum absolute atomic E-state index is 0.167. The molecule has 0 aromatic carbocycles. The van der Waals surface area contributed by atoms with Gasteiger partial charge in [0.05, 0.1) is 7.11 Å². The summed E-state index contributed by atoms with van der Waals surface area (Å²) in [5.74, 6) is -0.167. The molecule has 96 valence electrons. The summed E-state index contributed by atoms with van der Waals surface area (Å²) in [6.07, 6.45) is 2.80. The van der Waals surface area contributed by atoms with Gasteiger partial charge in [0.2, 0.25) is 0 Å². The quantitative estimate of drug-likeness (QED) is 0.637. The third-order valence-corrected chi connectivity index (χ3v) is 2.68. The molecule has 4 heteroatoms. The van der Waals surface area contributed by atoms with Crippen molar-refractivity contribution in [1.82, 2.24) is 10.2 Å². The molecule has 0 saturated heterocycles. The van der Waals surface area contributed by atoms with Crippen molar-refractivity contribution in [1.29, 1.82) is 0 Å². The molecule has 1 atom stereocenters. The molecule has 0 bridgehead atoms. The molecule has 1 unspecified atom stereocenters. The zero-order chi connectivity index (χ0) is 12.6. The molecule has 0 aliphatic heterocycles. The maximum absolute atomic E-state index is 11.7. The fourth-order valence-electron chi connectivity index (χ4n) is 1.64. The summed E-state index contributed by atoms with van der Waals surface area (Å²) < 4.78 is 4.85. The summed E-state index contributed by atoms with van der Waals surface area (Å²) >= 11 is 0. The second-order valence-corrected chi connectivity index (χ2v) is 4.66. The maximum Gasteiger partial charge on any atom is 0.325 e. The van der Waals surface area contributed by atoms with Gasteiger partial charge in [-0.2, -0.15) is 0 Å². The molecule has 0 spiro atoms. The fraction of sp³-hybridized carbons (Fsp3) is 0.917. The SMILES string of the molecule is CCCNC(C)(CCCN(C)C)C(=O)OC. The van der Waals surface area contributed by atoms with Crippen molar-refractivity contribution < 1.29 is 9.53 Å². The van der Waals surface area contributed by atoms with Gasteiger partial charge in [-0.05, 0) is 53.4 Å². The summed E-state index contributed by atoms with van der Waals surface area (Å²) in [5, 5.41) is 3.28. The lowest BCUT2D eigenvalue weighted by Gasteiger charge is -2.28. The van der Waals surface area contributed by atoms with Gasteiger partial charge in [0.15, 0.2) is 0 Å². The van der Waals surface area contributed by atoms with Gasteiger partial charge >= 0.3 is 5.97 Å². The van der Waals surface area contributed by atoms with Crippen LogP contribution in [-0.4, -0.2) is 50.7 Å². The number of ether oxygens (including phenoxy) is 1. The van der Waals surface area contributed by atoms with Gasteiger partial charge in [0.25, 0.3) is 0 Å². The topological polar surface area (TPSA) is 41.6 Å². The molecule has 16 heavy (non-hydrogen) atoms. The minimum Gasteiger partial charge on any atom is -0.468 e. The maximum atomic E-state index is 11.7. The van der Waals surface area contributed by atoms with Crippen molar-refractivity contribution in [3.8, 4) is 0 Å². The Morgan fingerprint density at radius 1 is 1.44 bits per heavy atom. The zero-order valence-corrected chi connectivity index (χ0v) is 11.3. The van der Waals surface area contributed by atoms with Gasteiger partial charge in [0, 0.05) is 0 Å². The predicted molar refractivity (Wildman–Crippen MR) is 66.5 cm³/mol. The summed E-state index contributed by atoms with van der Waals surface area (Å²) in [6.45, 7) is 5.84. The van der Waals surface area contributed by atoms with Gasteiger partial charge in [-0.1, -0.05) is 6.92 Å². The number of esters is 1. The molecule has 0 rings (SSSR count). The Kier molecular flexibility index (Phi) is 7.34. The molecule has 0 heterocycles. The average molecular weight is 230 g/mol. The predicted octanol–water partition coefficient (Wildman–Crippen LogP) is 1.26. The van der Waals surface area contributed by atoms with E-state index in [0.717, 1.165) is 32.4 Å². The van der Waals surface area contributed by atoms with Crippen molar-refractivity contribution in [3.05, 3.63) is 0 Å². The second-order valence-electron chi connectivity index (χ2n) is 4.66. The Hall–Kier alpha value is -0.610. The molecule has 0 aliphatic rings. The molecule has 0 saturated carbocycles. The van der Waals surface area contributed by atoms with E-state index in [1.807, 2.05) is 21.0 Å². The van der Waals surface area contributed by atoms with Crippen LogP contribution in [0.4, 0.5) is 0 Å². The van der Waals surface area contributed by atoms with E-state index < -0.39 is 5.54 Å². The number of nitrogens with one attached hydrogen (secondary N) is 1. The van der Waals surface area contributed by atoms with Crippen molar-refractivity contribution in [2.24, 2.45) is 0 Å². The van der Waals surface area contributed by atoms with E-state index in [0.29, 0.717) is 0 Å². The first-order valence-electron chi connectivity index (χ1n) is 5.94. The van der Waals surface area contributed by atoms with Gasteiger partial charge in [-0.25, -0.2) is 0 Å². The normalized spacial score (nSPS) is 14.9. The first kappa shape index (κ1) is 15.4. The molecule has 0 radical (unpaired) electrons. The highest BCUT2D eigenvalue weighted by molar-refractivity contribution is 5.80. The molecule has 0 aromatic rings. The van der Waals surface area contributed by atoms with Crippen LogP contribution in [0.2, 0.25) is 0 Å². The number of methoxy groups -OCH3 is 1. The van der Waals surface area contributed by atoms with Crippen LogP contribution >= 0.6 is 0 Å². The highest BCUT2D eigenvalue weighted by Gasteiger charge is 2.32. The van der Waals surface area contributed by atoms with E-state index in [1.54, 1.807) is 0 Å². The monoisotopic (exact) mass is 230 g/mol. The molecular formula is C12H26N2O2. The number of rotatable bonds is 8. The lowest BCUT2D eigenvalue weighted by Crippen LogP contribution is -2.50. The second kappa shape index (κ2) is 7.63. The van der Waals surface area contributed by atoms with E-state index in [2.05, 4.69) is 17.1 Å². The van der Waals surface area contributed by atoms with Gasteiger partial charge < -0.3 is 15.0 Å². The van der Waals surface area contributed by atoms with E-state index >= 15 is 0 Å². The fourth-order valence-corrected chi connectivity index (χ4v) is 1.64. The van der Waals surface area contributed by atoms with Crippen LogP contribution in [0.15, 0.2) is 0 Å². The minimum atomic E-state index is -0.541. The highest BCUT2D eigenvalue weighted by atomic mass is 16.5. The van der Waals surface area contributed by atoms with Crippen molar-refractivity contribution in [3.63, 3.8) is 0 Å². The molecular weight excluding hydrogens is 204 g/mol. The van der Waals surface area contributed by atoms with Gasteiger partial charge in [0.1, 0.15) is 5.54 Å². The zero-order valence-electron chi connectivity index (χ0n) is 11.3. The average Bonchev–Trinajstić information content (AvgIpc) is 2.24. The Morgan fingerprint density at radius 3 is 2.50 bits per heavy atom. The van der Waals surface area contributed by atoms with Crippen LogP contribution in [-0.2, 0) is 9.53 Å². The smallest absolute Gasteiger partial charge is 0.325 e. The number of carbonyl (C=O) groups is 1. The Labute approximate surface area is 99.3 Å². The Balaban J connectivity index is 4.24. The summed E-state index contributed by atoms with van der Waals surface area (Å²) in [4.78, 5) is 13.8. The summed E-state index contributed by atoms with van der Waals surface area (Å²) in [6, 6.07) is 0. The van der Waals surface area contributed by atoms with Crippen LogP contribution in [0.5, 0.6) is 0 Å². The van der Waals surface area contributed by atoms with Crippen LogP contribution in [0.25, 0.3) is 0 Å². The highest BCUT2D eigenvalue weighted by Crippen LogP contribution is 2.14. The van der Waals surface area contributed by atoms with Crippen LogP contribution < -0.4 is 5.32 Å². The third kappa shape index (κ3) is 5.47. The van der Waals surface area contributed by atoms with E-state index in [1.165, 1.54) is 7.11 Å². The number of carbonyl (C=O) groups excluding carboxylic acids is 1. The first-order valence-corrected chi connectivity index (χ1v) is 5.94. The summed E-state index contributed by atoms with van der Waals surface area (Å²) in [5.41, 5.74) is -0.541. The Bertz CT molecular complexity index is 207. The summed E-state index contributed by atoms with van der Waals surface area (Å²) in [7, 11) is 5.52. The Morgan fingerprint density at radius 2 is 2.06 bits per heavy atom. The van der Waals surface area contributed by atoms with E-state index in [-0.39, 0.29) is 5.97 Å². The largest absolute Gasteiger partial charge is 0.468 e. The van der Waals surface area contributed by atoms with Gasteiger partial charge in [-0.15, -0.1) is 0 Å². The molecule has 0 aliphatic carbocycles. The van der Waals surface area contributed by atoms with E-state index in [4.69, 9.17) is 4.74 Å². The van der Waals surface area contributed by atoms with Crippen LogP contribution in [0, 0.1) is 0 Å². The standard InChI is InChI=1S/C12H26N2O2/c1-6-9-13-12(2,11(15)16-5)8-7-10-14(3)4/h13H,6-10H2,1-5H3. The number of nitrogens with zero attached hydrogens (tertiary/aromatic N) is 1. The lowest BCUT2D eigenvalue weighted by molar-refractivity contribution is -0.148. The molecule has 0 fully saturated rings. The first-order chi connectivity index (χ1) is 7.46. The van der Waals surface area contributed by atoms with E-state index in [9.17, 15) is 4.79 Å². The lowest BCUT2D eigenvalue weighted by atomic mass is 9.95.